The van der Waals surface area contributed by atoms with Gasteiger partial charge in [-0.05, 0) is 59.1 Å². The average molecular weight is 254 g/mol. The molecule has 0 fully saturated rings. The molecule has 1 aliphatic carbocycles. The lowest BCUT2D eigenvalue weighted by molar-refractivity contribution is 0.160. The first-order valence-electron chi connectivity index (χ1n) is 7.38. The van der Waals surface area contributed by atoms with Crippen LogP contribution in [0.25, 0.3) is 10.8 Å². The Balaban J connectivity index is 2.01. The number of hydrogen-bond donors (Lipinski definition) is 1. The number of aliphatic hydroxyl groups excluding tert-OH is 1. The molecule has 0 spiro atoms. The molecule has 0 bridgehead atoms. The predicted octanol–water partition coefficient (Wildman–Crippen LogP) is 4.41. The van der Waals surface area contributed by atoms with Gasteiger partial charge in [-0.25, -0.2) is 0 Å². The molecular weight excluding hydrogens is 232 g/mol. The van der Waals surface area contributed by atoms with Crippen molar-refractivity contribution in [3.05, 3.63) is 47.0 Å². The molecule has 2 aromatic rings. The third kappa shape index (κ3) is 2.28. The molecule has 2 aromatic carbocycles. The predicted molar refractivity (Wildman–Crippen MR) is 80.4 cm³/mol. The van der Waals surface area contributed by atoms with Gasteiger partial charge in [0.1, 0.15) is 0 Å². The summed E-state index contributed by atoms with van der Waals surface area (Å²) in [7, 11) is 0. The lowest BCUT2D eigenvalue weighted by Gasteiger charge is -2.16. The van der Waals surface area contributed by atoms with Gasteiger partial charge in [0.25, 0.3) is 0 Å². The zero-order valence-electron chi connectivity index (χ0n) is 11.8. The van der Waals surface area contributed by atoms with E-state index in [-0.39, 0.29) is 6.10 Å². The van der Waals surface area contributed by atoms with Crippen LogP contribution < -0.4 is 0 Å². The van der Waals surface area contributed by atoms with Gasteiger partial charge in [-0.3, -0.25) is 0 Å². The van der Waals surface area contributed by atoms with E-state index in [1.807, 2.05) is 0 Å². The third-order valence-electron chi connectivity index (χ3n) is 4.29. The van der Waals surface area contributed by atoms with E-state index in [1.165, 1.54) is 21.9 Å². The molecule has 0 radical (unpaired) electrons. The fourth-order valence-corrected chi connectivity index (χ4v) is 3.21. The molecule has 1 N–H and O–H groups in total. The van der Waals surface area contributed by atoms with Gasteiger partial charge in [0.2, 0.25) is 0 Å². The largest absolute Gasteiger partial charge is 0.388 e. The van der Waals surface area contributed by atoms with Crippen LogP contribution >= 0.6 is 0 Å². The minimum Gasteiger partial charge on any atom is -0.388 e. The Hall–Kier alpha value is -1.34. The Morgan fingerprint density at radius 3 is 2.47 bits per heavy atom. The van der Waals surface area contributed by atoms with Crippen LogP contribution in [0.2, 0.25) is 0 Å². The minimum atomic E-state index is -0.327. The molecule has 1 heteroatoms. The summed E-state index contributed by atoms with van der Waals surface area (Å²) in [4.78, 5) is 0. The van der Waals surface area contributed by atoms with Crippen LogP contribution in [0.15, 0.2) is 30.3 Å². The molecule has 1 nitrogen and oxygen atoms in total. The van der Waals surface area contributed by atoms with Crippen molar-refractivity contribution >= 4 is 10.8 Å². The number of benzene rings is 2. The number of aryl methyl sites for hydroxylation is 2. The van der Waals surface area contributed by atoms with Crippen LogP contribution in [-0.4, -0.2) is 5.11 Å². The molecule has 0 amide bonds. The van der Waals surface area contributed by atoms with E-state index in [1.54, 1.807) is 0 Å². The van der Waals surface area contributed by atoms with E-state index in [2.05, 4.69) is 44.2 Å². The van der Waals surface area contributed by atoms with Gasteiger partial charge in [0, 0.05) is 0 Å². The van der Waals surface area contributed by atoms with E-state index in [4.69, 9.17) is 0 Å². The summed E-state index contributed by atoms with van der Waals surface area (Å²) in [6.07, 6.45) is 3.91. The maximum atomic E-state index is 10.5. The highest BCUT2D eigenvalue weighted by atomic mass is 16.3. The number of aliphatic hydroxyl groups is 1. The van der Waals surface area contributed by atoms with Crippen LogP contribution in [-0.2, 0) is 12.8 Å². The summed E-state index contributed by atoms with van der Waals surface area (Å²) in [5.74, 6) is 0.645. The monoisotopic (exact) mass is 254 g/mol. The molecule has 0 saturated heterocycles. The van der Waals surface area contributed by atoms with Crippen LogP contribution in [0.3, 0.4) is 0 Å². The molecular formula is C18H22O. The first-order valence-corrected chi connectivity index (χ1v) is 7.38. The van der Waals surface area contributed by atoms with Gasteiger partial charge >= 0.3 is 0 Å². The molecule has 1 unspecified atom stereocenters. The van der Waals surface area contributed by atoms with Crippen molar-refractivity contribution in [3.63, 3.8) is 0 Å². The van der Waals surface area contributed by atoms with Gasteiger partial charge in [0.05, 0.1) is 6.10 Å². The second kappa shape index (κ2) is 4.97. The maximum Gasteiger partial charge on any atom is 0.0796 e. The first-order chi connectivity index (χ1) is 9.16. The van der Waals surface area contributed by atoms with Gasteiger partial charge < -0.3 is 5.11 Å². The van der Waals surface area contributed by atoms with Crippen molar-refractivity contribution in [1.82, 2.24) is 0 Å². The Labute approximate surface area is 115 Å². The zero-order chi connectivity index (χ0) is 13.4. The van der Waals surface area contributed by atoms with Crippen LogP contribution in [0.5, 0.6) is 0 Å². The summed E-state index contributed by atoms with van der Waals surface area (Å²) in [5, 5.41) is 13.1. The molecule has 0 heterocycles. The highest BCUT2D eigenvalue weighted by molar-refractivity contribution is 5.93. The standard InChI is InChI=1S/C18H22O/c1-12(2)6-11-17(19)15-10-9-14-8-7-13-4-3-5-16(15)18(13)14/h3-5,9-10,12,17,19H,6-8,11H2,1-2H3. The Kier molecular flexibility index (Phi) is 3.32. The molecule has 0 aliphatic heterocycles. The highest BCUT2D eigenvalue weighted by Crippen LogP contribution is 2.36. The summed E-state index contributed by atoms with van der Waals surface area (Å²) >= 11 is 0. The van der Waals surface area contributed by atoms with Crippen molar-refractivity contribution < 1.29 is 5.11 Å². The fraction of sp³-hybridized carbons (Fsp3) is 0.444. The van der Waals surface area contributed by atoms with Gasteiger partial charge in [-0.2, -0.15) is 0 Å². The molecule has 0 aromatic heterocycles. The quantitative estimate of drug-likeness (QED) is 0.857. The van der Waals surface area contributed by atoms with Crippen LogP contribution in [0, 0.1) is 5.92 Å². The van der Waals surface area contributed by atoms with Crippen molar-refractivity contribution in [1.29, 1.82) is 0 Å². The second-order valence-corrected chi connectivity index (χ2v) is 6.14. The van der Waals surface area contributed by atoms with Gasteiger partial charge in [-0.15, -0.1) is 0 Å². The topological polar surface area (TPSA) is 20.2 Å². The molecule has 0 saturated carbocycles. The molecule has 100 valence electrons. The number of rotatable bonds is 4. The van der Waals surface area contributed by atoms with Crippen molar-refractivity contribution in [2.45, 2.75) is 45.6 Å². The maximum absolute atomic E-state index is 10.5. The first kappa shape index (κ1) is 12.7. The van der Waals surface area contributed by atoms with E-state index < -0.39 is 0 Å². The lowest BCUT2D eigenvalue weighted by atomic mass is 9.93. The minimum absolute atomic E-state index is 0.327. The van der Waals surface area contributed by atoms with E-state index >= 15 is 0 Å². The van der Waals surface area contributed by atoms with Gasteiger partial charge in [-0.1, -0.05) is 44.2 Å². The highest BCUT2D eigenvalue weighted by Gasteiger charge is 2.18. The zero-order valence-corrected chi connectivity index (χ0v) is 11.8. The Bertz CT molecular complexity index is 588. The molecule has 19 heavy (non-hydrogen) atoms. The Morgan fingerprint density at radius 2 is 1.74 bits per heavy atom. The normalized spacial score (nSPS) is 15.4. The van der Waals surface area contributed by atoms with E-state index in [0.29, 0.717) is 5.92 Å². The van der Waals surface area contributed by atoms with Crippen LogP contribution in [0.4, 0.5) is 0 Å². The molecule has 3 rings (SSSR count). The van der Waals surface area contributed by atoms with Crippen molar-refractivity contribution in [2.75, 3.05) is 0 Å². The summed E-state index contributed by atoms with van der Waals surface area (Å²) < 4.78 is 0. The fourth-order valence-electron chi connectivity index (χ4n) is 3.21. The average Bonchev–Trinajstić information content (AvgIpc) is 2.82. The number of hydrogen-bond acceptors (Lipinski definition) is 1. The Morgan fingerprint density at radius 1 is 1.00 bits per heavy atom. The van der Waals surface area contributed by atoms with E-state index in [0.717, 1.165) is 31.2 Å². The smallest absolute Gasteiger partial charge is 0.0796 e. The lowest BCUT2D eigenvalue weighted by Crippen LogP contribution is -2.01. The van der Waals surface area contributed by atoms with Crippen LogP contribution in [0.1, 0.15) is 49.5 Å². The van der Waals surface area contributed by atoms with Crippen molar-refractivity contribution in [3.8, 4) is 0 Å². The summed E-state index contributed by atoms with van der Waals surface area (Å²) in [5.41, 5.74) is 4.01. The molecule has 1 aliphatic rings. The molecule has 1 atom stereocenters. The third-order valence-corrected chi connectivity index (χ3v) is 4.29. The van der Waals surface area contributed by atoms with E-state index in [9.17, 15) is 5.11 Å². The summed E-state index contributed by atoms with van der Waals surface area (Å²) in [6.45, 7) is 4.42. The SMILES string of the molecule is CC(C)CCC(O)c1ccc2c3c(cccc13)CC2. The van der Waals surface area contributed by atoms with Gasteiger partial charge in [0.15, 0.2) is 0 Å². The summed E-state index contributed by atoms with van der Waals surface area (Å²) in [6, 6.07) is 10.9. The van der Waals surface area contributed by atoms with Crippen molar-refractivity contribution in [2.24, 2.45) is 5.92 Å². The second-order valence-electron chi connectivity index (χ2n) is 6.14.